The topological polar surface area (TPSA) is 49.0 Å². The van der Waals surface area contributed by atoms with E-state index in [1.807, 2.05) is 23.8 Å². The fraction of sp³-hybridized carbons (Fsp3) is 0.529. The Labute approximate surface area is 131 Å². The highest BCUT2D eigenvalue weighted by molar-refractivity contribution is 5.84. The second-order valence-corrected chi connectivity index (χ2v) is 6.92. The van der Waals surface area contributed by atoms with Gasteiger partial charge in [0.2, 0.25) is 5.88 Å². The van der Waals surface area contributed by atoms with Gasteiger partial charge in [0.25, 0.3) is 5.56 Å². The predicted octanol–water partition coefficient (Wildman–Crippen LogP) is 3.13. The number of allylic oxidation sites excluding steroid dienone is 2. The van der Waals surface area contributed by atoms with Gasteiger partial charge >= 0.3 is 0 Å². The summed E-state index contributed by atoms with van der Waals surface area (Å²) >= 11 is 0. The molecule has 0 aromatic carbocycles. The van der Waals surface area contributed by atoms with E-state index < -0.39 is 0 Å². The number of aromatic nitrogens is 3. The summed E-state index contributed by atoms with van der Waals surface area (Å²) in [6.45, 7) is 11.6. The van der Waals surface area contributed by atoms with Gasteiger partial charge in [-0.2, -0.15) is 0 Å². The van der Waals surface area contributed by atoms with E-state index in [9.17, 15) is 4.79 Å². The van der Waals surface area contributed by atoms with Crippen molar-refractivity contribution in [1.29, 1.82) is 0 Å². The minimum absolute atomic E-state index is 0.0345. The maximum absolute atomic E-state index is 12.4. The van der Waals surface area contributed by atoms with E-state index in [0.717, 1.165) is 5.39 Å². The first-order chi connectivity index (χ1) is 10.2. The third kappa shape index (κ3) is 3.40. The van der Waals surface area contributed by atoms with Gasteiger partial charge in [0.1, 0.15) is 5.52 Å². The van der Waals surface area contributed by atoms with E-state index in [1.54, 1.807) is 7.05 Å². The number of rotatable bonds is 4. The van der Waals surface area contributed by atoms with Crippen molar-refractivity contribution in [2.75, 3.05) is 6.61 Å². The minimum Gasteiger partial charge on any atom is -0.476 e. The van der Waals surface area contributed by atoms with Crippen molar-refractivity contribution in [2.24, 2.45) is 12.5 Å². The van der Waals surface area contributed by atoms with Gasteiger partial charge in [-0.3, -0.25) is 4.79 Å². The number of hydrogen-bond donors (Lipinski definition) is 0. The first kappa shape index (κ1) is 16.3. The van der Waals surface area contributed by atoms with Gasteiger partial charge in [-0.25, -0.2) is 4.68 Å². The molecule has 0 atom stereocenters. The first-order valence-corrected chi connectivity index (χ1v) is 7.53. The summed E-state index contributed by atoms with van der Waals surface area (Å²) < 4.78 is 9.17. The van der Waals surface area contributed by atoms with E-state index in [0.29, 0.717) is 24.5 Å². The lowest BCUT2D eigenvalue weighted by atomic mass is 9.99. The molecule has 0 aliphatic rings. The average molecular weight is 303 g/mol. The SMILES string of the molecule is C/C=C(/C)Cn1ccc2c(OCC(C)(C)C)nn(C)c(=O)c21. The maximum Gasteiger partial charge on any atom is 0.291 e. The first-order valence-electron chi connectivity index (χ1n) is 7.53. The average Bonchev–Trinajstić information content (AvgIpc) is 2.84. The highest BCUT2D eigenvalue weighted by Gasteiger charge is 2.17. The second-order valence-electron chi connectivity index (χ2n) is 6.92. The van der Waals surface area contributed by atoms with Crippen LogP contribution in [0.5, 0.6) is 5.88 Å². The molecule has 0 spiro atoms. The van der Waals surface area contributed by atoms with Crippen LogP contribution in [0.2, 0.25) is 0 Å². The van der Waals surface area contributed by atoms with Crippen molar-refractivity contribution in [3.8, 4) is 5.88 Å². The highest BCUT2D eigenvalue weighted by Crippen LogP contribution is 2.24. The molecular formula is C17H25N3O2. The summed E-state index contributed by atoms with van der Waals surface area (Å²) in [4.78, 5) is 12.4. The molecule has 0 amide bonds. The monoisotopic (exact) mass is 303 g/mol. The van der Waals surface area contributed by atoms with Gasteiger partial charge in [0, 0.05) is 19.8 Å². The van der Waals surface area contributed by atoms with Crippen LogP contribution in [0, 0.1) is 5.41 Å². The van der Waals surface area contributed by atoms with Crippen LogP contribution in [0.4, 0.5) is 0 Å². The molecule has 0 saturated carbocycles. The van der Waals surface area contributed by atoms with E-state index in [2.05, 4.69) is 38.9 Å². The number of hydrogen-bond acceptors (Lipinski definition) is 3. The van der Waals surface area contributed by atoms with Crippen molar-refractivity contribution in [3.63, 3.8) is 0 Å². The fourth-order valence-electron chi connectivity index (χ4n) is 2.16. The van der Waals surface area contributed by atoms with Crippen LogP contribution in [-0.4, -0.2) is 21.0 Å². The Morgan fingerprint density at radius 1 is 1.41 bits per heavy atom. The van der Waals surface area contributed by atoms with Crippen molar-refractivity contribution >= 4 is 10.9 Å². The number of ether oxygens (including phenoxy) is 1. The Bertz CT molecular complexity index is 761. The maximum atomic E-state index is 12.4. The zero-order chi connectivity index (χ0) is 16.5. The molecule has 2 heterocycles. The third-order valence-corrected chi connectivity index (χ3v) is 3.49. The normalized spacial score (nSPS) is 12.9. The smallest absolute Gasteiger partial charge is 0.291 e. The van der Waals surface area contributed by atoms with Crippen molar-refractivity contribution in [3.05, 3.63) is 34.3 Å². The zero-order valence-electron chi connectivity index (χ0n) is 14.3. The summed E-state index contributed by atoms with van der Waals surface area (Å²) in [6.07, 6.45) is 3.97. The van der Waals surface area contributed by atoms with Gasteiger partial charge in [-0.05, 0) is 25.3 Å². The number of nitrogens with zero attached hydrogens (tertiary/aromatic N) is 3. The van der Waals surface area contributed by atoms with Gasteiger partial charge in [0.05, 0.1) is 12.0 Å². The molecule has 2 aromatic heterocycles. The van der Waals surface area contributed by atoms with E-state index in [1.165, 1.54) is 10.3 Å². The lowest BCUT2D eigenvalue weighted by Gasteiger charge is -2.19. The molecule has 0 aliphatic carbocycles. The zero-order valence-corrected chi connectivity index (χ0v) is 14.3. The van der Waals surface area contributed by atoms with Crippen LogP contribution in [0.3, 0.4) is 0 Å². The molecule has 2 aromatic rings. The summed E-state index contributed by atoms with van der Waals surface area (Å²) in [5.74, 6) is 0.518. The molecule has 22 heavy (non-hydrogen) atoms. The number of fused-ring (bicyclic) bond motifs is 1. The lowest BCUT2D eigenvalue weighted by molar-refractivity contribution is 0.190. The van der Waals surface area contributed by atoms with E-state index in [-0.39, 0.29) is 11.0 Å². The van der Waals surface area contributed by atoms with Crippen molar-refractivity contribution < 1.29 is 4.74 Å². The van der Waals surface area contributed by atoms with Gasteiger partial charge in [0.15, 0.2) is 0 Å². The van der Waals surface area contributed by atoms with E-state index >= 15 is 0 Å². The fourth-order valence-corrected chi connectivity index (χ4v) is 2.16. The molecule has 0 fully saturated rings. The molecule has 0 radical (unpaired) electrons. The van der Waals surface area contributed by atoms with Crippen molar-refractivity contribution in [1.82, 2.24) is 14.3 Å². The molecule has 5 nitrogen and oxygen atoms in total. The Morgan fingerprint density at radius 3 is 2.68 bits per heavy atom. The Morgan fingerprint density at radius 2 is 2.09 bits per heavy atom. The standard InChI is InChI=1S/C17H25N3O2/c1-7-12(2)10-20-9-8-13-14(20)16(21)19(6)18-15(13)22-11-17(3,4)5/h7-9H,10-11H2,1-6H3/b12-7-. The molecule has 0 aliphatic heterocycles. The third-order valence-electron chi connectivity index (χ3n) is 3.49. The molecular weight excluding hydrogens is 278 g/mol. The predicted molar refractivity (Wildman–Crippen MR) is 89.4 cm³/mol. The molecule has 0 saturated heterocycles. The van der Waals surface area contributed by atoms with Crippen molar-refractivity contribution in [2.45, 2.75) is 41.2 Å². The molecule has 0 unspecified atom stereocenters. The van der Waals surface area contributed by atoms with E-state index in [4.69, 9.17) is 4.74 Å². The Balaban J connectivity index is 2.52. The van der Waals surface area contributed by atoms with Crippen LogP contribution >= 0.6 is 0 Å². The van der Waals surface area contributed by atoms with Gasteiger partial charge in [-0.1, -0.05) is 32.4 Å². The Hall–Kier alpha value is -2.04. The molecule has 2 rings (SSSR count). The summed E-state index contributed by atoms with van der Waals surface area (Å²) in [6, 6.07) is 1.91. The summed E-state index contributed by atoms with van der Waals surface area (Å²) in [5, 5.41) is 5.04. The summed E-state index contributed by atoms with van der Waals surface area (Å²) in [7, 11) is 1.66. The second kappa shape index (κ2) is 5.99. The largest absolute Gasteiger partial charge is 0.476 e. The molecule has 5 heteroatoms. The van der Waals surface area contributed by atoms with Gasteiger partial charge in [-0.15, -0.1) is 5.10 Å². The van der Waals surface area contributed by atoms with Gasteiger partial charge < -0.3 is 9.30 Å². The van der Waals surface area contributed by atoms with Crippen LogP contribution in [0.25, 0.3) is 10.9 Å². The summed E-state index contributed by atoms with van der Waals surface area (Å²) in [5.41, 5.74) is 1.77. The lowest BCUT2D eigenvalue weighted by Crippen LogP contribution is -2.24. The minimum atomic E-state index is -0.105. The molecule has 120 valence electrons. The quantitative estimate of drug-likeness (QED) is 0.815. The molecule has 0 bridgehead atoms. The number of aryl methyl sites for hydroxylation is 1. The van der Waals surface area contributed by atoms with Crippen LogP contribution < -0.4 is 10.3 Å². The van der Waals surface area contributed by atoms with Crippen LogP contribution in [-0.2, 0) is 13.6 Å². The van der Waals surface area contributed by atoms with Crippen LogP contribution in [0.1, 0.15) is 34.6 Å². The Kier molecular flexibility index (Phi) is 4.44. The highest BCUT2D eigenvalue weighted by atomic mass is 16.5. The van der Waals surface area contributed by atoms with Crippen LogP contribution in [0.15, 0.2) is 28.7 Å². The molecule has 0 N–H and O–H groups in total.